The number of carbonyl (C=O) groups excluding carboxylic acids is 1. The van der Waals surface area contributed by atoms with E-state index in [1.165, 1.54) is 4.90 Å². The van der Waals surface area contributed by atoms with Gasteiger partial charge < -0.3 is 14.7 Å². The van der Waals surface area contributed by atoms with Gasteiger partial charge in [-0.15, -0.1) is 0 Å². The number of likely N-dealkylation sites (tertiary alicyclic amines) is 1. The Hall–Kier alpha value is -2.82. The third kappa shape index (κ3) is 2.65. The van der Waals surface area contributed by atoms with Gasteiger partial charge in [0.2, 0.25) is 6.10 Å². The van der Waals surface area contributed by atoms with E-state index in [1.54, 1.807) is 24.3 Å². The molecule has 0 unspecified atom stereocenters. The molecule has 1 aliphatic rings. The molecule has 5 heteroatoms. The lowest BCUT2D eigenvalue weighted by atomic mass is 9.96. The van der Waals surface area contributed by atoms with Crippen molar-refractivity contribution in [2.75, 3.05) is 0 Å². The normalized spacial score (nSPS) is 20.4. The van der Waals surface area contributed by atoms with E-state index in [2.05, 4.69) is 0 Å². The number of carboxylic acids is 1. The highest BCUT2D eigenvalue weighted by Crippen LogP contribution is 2.27. The lowest BCUT2D eigenvalue weighted by Gasteiger charge is -2.43. The molecule has 2 atom stereocenters. The summed E-state index contributed by atoms with van der Waals surface area (Å²) >= 11 is 0. The summed E-state index contributed by atoms with van der Waals surface area (Å²) in [5, 5.41) is 9.37. The predicted octanol–water partition coefficient (Wildman–Crippen LogP) is 1.93. The first-order valence-electron chi connectivity index (χ1n) is 6.96. The average Bonchev–Trinajstić information content (AvgIpc) is 2.54. The molecule has 1 N–H and O–H groups in total. The van der Waals surface area contributed by atoms with Crippen LogP contribution in [0.15, 0.2) is 60.7 Å². The van der Waals surface area contributed by atoms with Gasteiger partial charge in [-0.2, -0.15) is 0 Å². The number of benzene rings is 2. The summed E-state index contributed by atoms with van der Waals surface area (Å²) in [6.07, 6.45) is -0.969. The number of hydrogen-bond donors (Lipinski definition) is 1. The molecule has 0 radical (unpaired) electrons. The standard InChI is InChI=1S/C17H15NO4/c19-16-15(22-13-9-5-2-6-10-13)14(17(20)21)18(16)11-12-7-3-1-4-8-12/h1-10,14-15H,11H2,(H,20,21)/t14-,15+/m0/s1. The van der Waals surface area contributed by atoms with E-state index in [0.717, 1.165) is 5.56 Å². The van der Waals surface area contributed by atoms with Gasteiger partial charge in [0.25, 0.3) is 5.91 Å². The molecule has 3 rings (SSSR count). The zero-order chi connectivity index (χ0) is 15.5. The van der Waals surface area contributed by atoms with Crippen molar-refractivity contribution in [2.45, 2.75) is 18.7 Å². The van der Waals surface area contributed by atoms with Crippen LogP contribution in [-0.2, 0) is 16.1 Å². The minimum absolute atomic E-state index is 0.269. The van der Waals surface area contributed by atoms with Crippen molar-refractivity contribution in [1.29, 1.82) is 0 Å². The Balaban J connectivity index is 1.74. The molecule has 22 heavy (non-hydrogen) atoms. The van der Waals surface area contributed by atoms with Crippen LogP contribution in [-0.4, -0.2) is 34.0 Å². The van der Waals surface area contributed by atoms with Crippen LogP contribution in [0.2, 0.25) is 0 Å². The van der Waals surface area contributed by atoms with Gasteiger partial charge >= 0.3 is 5.97 Å². The first kappa shape index (κ1) is 14.1. The molecule has 1 aliphatic heterocycles. The molecule has 0 aromatic heterocycles. The molecule has 112 valence electrons. The van der Waals surface area contributed by atoms with Gasteiger partial charge in [0.05, 0.1) is 0 Å². The molecular weight excluding hydrogens is 282 g/mol. The molecule has 0 spiro atoms. The van der Waals surface area contributed by atoms with Crippen molar-refractivity contribution >= 4 is 11.9 Å². The van der Waals surface area contributed by atoms with Crippen molar-refractivity contribution in [3.05, 3.63) is 66.2 Å². The van der Waals surface area contributed by atoms with Gasteiger partial charge in [-0.3, -0.25) is 4.79 Å². The number of nitrogens with zero attached hydrogens (tertiary/aromatic N) is 1. The fourth-order valence-electron chi connectivity index (χ4n) is 2.50. The highest BCUT2D eigenvalue weighted by atomic mass is 16.5. The van der Waals surface area contributed by atoms with Crippen LogP contribution in [0, 0.1) is 0 Å². The highest BCUT2D eigenvalue weighted by molar-refractivity contribution is 5.98. The number of hydrogen-bond acceptors (Lipinski definition) is 3. The number of β-lactam (4-membered cyclic amide) rings is 1. The Bertz CT molecular complexity index is 620. The second kappa shape index (κ2) is 5.89. The summed E-state index contributed by atoms with van der Waals surface area (Å²) in [5.41, 5.74) is 0.889. The molecular formula is C17H15NO4. The molecule has 0 bridgehead atoms. The Labute approximate surface area is 127 Å². The zero-order valence-corrected chi connectivity index (χ0v) is 11.8. The van der Waals surface area contributed by atoms with Crippen LogP contribution in [0.3, 0.4) is 0 Å². The number of carbonyl (C=O) groups is 2. The fraction of sp³-hybridized carbons (Fsp3) is 0.176. The number of ether oxygens (including phenoxy) is 1. The highest BCUT2D eigenvalue weighted by Gasteiger charge is 2.53. The van der Waals surface area contributed by atoms with E-state index in [9.17, 15) is 14.7 Å². The fourth-order valence-corrected chi connectivity index (χ4v) is 2.50. The van der Waals surface area contributed by atoms with Gasteiger partial charge in [0, 0.05) is 6.54 Å². The molecule has 2 aromatic rings. The number of carboxylic acid groups (broad SMARTS) is 1. The third-order valence-electron chi connectivity index (χ3n) is 3.60. The maximum absolute atomic E-state index is 12.2. The second-order valence-electron chi connectivity index (χ2n) is 5.09. The van der Waals surface area contributed by atoms with Crippen molar-refractivity contribution in [2.24, 2.45) is 0 Å². The summed E-state index contributed by atoms with van der Waals surface area (Å²) in [6.45, 7) is 0.269. The molecule has 1 fully saturated rings. The Morgan fingerprint density at radius 1 is 1.05 bits per heavy atom. The molecule has 0 aliphatic carbocycles. The molecule has 1 amide bonds. The van der Waals surface area contributed by atoms with E-state index in [1.807, 2.05) is 36.4 Å². The summed E-state index contributed by atoms with van der Waals surface area (Å²) < 4.78 is 5.53. The zero-order valence-electron chi connectivity index (χ0n) is 11.8. The maximum atomic E-state index is 12.2. The topological polar surface area (TPSA) is 66.8 Å². The third-order valence-corrected chi connectivity index (χ3v) is 3.60. The number of rotatable bonds is 5. The lowest BCUT2D eigenvalue weighted by molar-refractivity contribution is -0.177. The Kier molecular flexibility index (Phi) is 3.78. The molecule has 5 nitrogen and oxygen atoms in total. The first-order valence-corrected chi connectivity index (χ1v) is 6.96. The average molecular weight is 297 g/mol. The molecule has 2 aromatic carbocycles. The van der Waals surface area contributed by atoms with Gasteiger partial charge in [-0.25, -0.2) is 4.79 Å². The van der Waals surface area contributed by atoms with E-state index < -0.39 is 18.1 Å². The second-order valence-corrected chi connectivity index (χ2v) is 5.09. The van der Waals surface area contributed by atoms with E-state index in [4.69, 9.17) is 4.74 Å². The lowest BCUT2D eigenvalue weighted by Crippen LogP contribution is -2.69. The molecule has 1 saturated heterocycles. The summed E-state index contributed by atoms with van der Waals surface area (Å²) in [4.78, 5) is 25.0. The number of para-hydroxylation sites is 1. The summed E-state index contributed by atoms with van der Waals surface area (Å²) in [5.74, 6) is -0.872. The predicted molar refractivity (Wildman–Crippen MR) is 79.3 cm³/mol. The van der Waals surface area contributed by atoms with Crippen molar-refractivity contribution in [1.82, 2.24) is 4.90 Å². The monoisotopic (exact) mass is 297 g/mol. The smallest absolute Gasteiger partial charge is 0.330 e. The Morgan fingerprint density at radius 3 is 2.23 bits per heavy atom. The van der Waals surface area contributed by atoms with Crippen LogP contribution >= 0.6 is 0 Å². The van der Waals surface area contributed by atoms with Crippen molar-refractivity contribution < 1.29 is 19.4 Å². The summed E-state index contributed by atoms with van der Waals surface area (Å²) in [6, 6.07) is 17.1. The van der Waals surface area contributed by atoms with Crippen molar-refractivity contribution in [3.63, 3.8) is 0 Å². The van der Waals surface area contributed by atoms with Gasteiger partial charge in [0.1, 0.15) is 5.75 Å². The minimum atomic E-state index is -1.06. The van der Waals surface area contributed by atoms with Crippen LogP contribution < -0.4 is 4.74 Å². The number of amides is 1. The van der Waals surface area contributed by atoms with E-state index in [0.29, 0.717) is 5.75 Å². The number of aliphatic carboxylic acids is 1. The van der Waals surface area contributed by atoms with Crippen LogP contribution in [0.5, 0.6) is 5.75 Å². The maximum Gasteiger partial charge on any atom is 0.330 e. The van der Waals surface area contributed by atoms with Gasteiger partial charge in [-0.05, 0) is 17.7 Å². The van der Waals surface area contributed by atoms with E-state index in [-0.39, 0.29) is 12.5 Å². The first-order chi connectivity index (χ1) is 10.7. The Morgan fingerprint density at radius 2 is 1.64 bits per heavy atom. The van der Waals surface area contributed by atoms with Gasteiger partial charge in [0.15, 0.2) is 6.04 Å². The summed E-state index contributed by atoms with van der Waals surface area (Å²) in [7, 11) is 0. The van der Waals surface area contributed by atoms with Crippen LogP contribution in [0.4, 0.5) is 0 Å². The largest absolute Gasteiger partial charge is 0.480 e. The SMILES string of the molecule is O=C(O)[C@@H]1[C@@H](Oc2ccccc2)C(=O)N1Cc1ccccc1. The minimum Gasteiger partial charge on any atom is -0.480 e. The van der Waals surface area contributed by atoms with Gasteiger partial charge in [-0.1, -0.05) is 48.5 Å². The van der Waals surface area contributed by atoms with E-state index >= 15 is 0 Å². The van der Waals surface area contributed by atoms with Crippen molar-refractivity contribution in [3.8, 4) is 5.75 Å². The van der Waals surface area contributed by atoms with Crippen LogP contribution in [0.25, 0.3) is 0 Å². The quantitative estimate of drug-likeness (QED) is 0.856. The van der Waals surface area contributed by atoms with Crippen LogP contribution in [0.1, 0.15) is 5.56 Å². The molecule has 1 heterocycles. The molecule has 0 saturated carbocycles.